The average Bonchev–Trinajstić information content (AvgIpc) is 2.45. The van der Waals surface area contributed by atoms with E-state index in [9.17, 15) is 4.79 Å². The monoisotopic (exact) mass is 315 g/mol. The SMILES string of the molecule is Cc1cc(C)c(C(C)NC(=O)Cc2ccccc2Cl)cc1C. The van der Waals surface area contributed by atoms with Crippen molar-refractivity contribution in [2.24, 2.45) is 0 Å². The first-order valence-electron chi connectivity index (χ1n) is 7.49. The number of rotatable bonds is 4. The summed E-state index contributed by atoms with van der Waals surface area (Å²) in [7, 11) is 0. The molecule has 0 aliphatic rings. The van der Waals surface area contributed by atoms with Gasteiger partial charge in [-0.2, -0.15) is 0 Å². The molecule has 1 atom stereocenters. The predicted octanol–water partition coefficient (Wildman–Crippen LogP) is 4.69. The third-order valence-corrected chi connectivity index (χ3v) is 4.40. The Bertz CT molecular complexity index is 694. The van der Waals surface area contributed by atoms with Gasteiger partial charge in [0.2, 0.25) is 5.91 Å². The molecule has 1 amide bonds. The fraction of sp³-hybridized carbons (Fsp3) is 0.316. The largest absolute Gasteiger partial charge is 0.349 e. The number of amides is 1. The van der Waals surface area contributed by atoms with Crippen LogP contribution in [0.25, 0.3) is 0 Å². The molecule has 2 nitrogen and oxygen atoms in total. The van der Waals surface area contributed by atoms with Gasteiger partial charge in [0, 0.05) is 5.02 Å². The summed E-state index contributed by atoms with van der Waals surface area (Å²) in [5.41, 5.74) is 5.73. The van der Waals surface area contributed by atoms with Crippen LogP contribution in [0, 0.1) is 20.8 Å². The average molecular weight is 316 g/mol. The number of carbonyl (C=O) groups is 1. The second-order valence-corrected chi connectivity index (χ2v) is 6.26. The summed E-state index contributed by atoms with van der Waals surface area (Å²) < 4.78 is 0. The minimum atomic E-state index is -0.0192. The number of aryl methyl sites for hydroxylation is 3. The van der Waals surface area contributed by atoms with Crippen LogP contribution in [0.5, 0.6) is 0 Å². The highest BCUT2D eigenvalue weighted by Crippen LogP contribution is 2.22. The Morgan fingerprint density at radius 3 is 2.41 bits per heavy atom. The van der Waals surface area contributed by atoms with Crippen molar-refractivity contribution in [1.29, 1.82) is 0 Å². The standard InChI is InChI=1S/C19H22ClNO/c1-12-9-14(3)17(10-13(12)2)15(4)21-19(22)11-16-7-5-6-8-18(16)20/h5-10,15H,11H2,1-4H3,(H,21,22). The molecule has 22 heavy (non-hydrogen) atoms. The lowest BCUT2D eigenvalue weighted by molar-refractivity contribution is -0.121. The summed E-state index contributed by atoms with van der Waals surface area (Å²) in [4.78, 5) is 12.2. The van der Waals surface area contributed by atoms with Gasteiger partial charge in [-0.15, -0.1) is 0 Å². The summed E-state index contributed by atoms with van der Waals surface area (Å²) in [5, 5.41) is 3.69. The van der Waals surface area contributed by atoms with E-state index in [2.05, 4.69) is 38.2 Å². The van der Waals surface area contributed by atoms with Gasteiger partial charge in [-0.25, -0.2) is 0 Å². The molecule has 1 unspecified atom stereocenters. The van der Waals surface area contributed by atoms with E-state index in [0.717, 1.165) is 11.1 Å². The number of benzene rings is 2. The van der Waals surface area contributed by atoms with Gasteiger partial charge in [-0.1, -0.05) is 41.9 Å². The maximum atomic E-state index is 12.2. The molecule has 0 radical (unpaired) electrons. The summed E-state index contributed by atoms with van der Waals surface area (Å²) in [6.07, 6.45) is 0.300. The van der Waals surface area contributed by atoms with Crippen LogP contribution >= 0.6 is 11.6 Å². The second kappa shape index (κ2) is 6.97. The first-order chi connectivity index (χ1) is 10.4. The lowest BCUT2D eigenvalue weighted by Crippen LogP contribution is -2.28. The van der Waals surface area contributed by atoms with E-state index in [1.54, 1.807) is 6.07 Å². The Hall–Kier alpha value is -1.80. The summed E-state index contributed by atoms with van der Waals surface area (Å²) >= 11 is 6.11. The van der Waals surface area contributed by atoms with Crippen LogP contribution < -0.4 is 5.32 Å². The molecule has 1 N–H and O–H groups in total. The molecule has 2 aromatic carbocycles. The van der Waals surface area contributed by atoms with Crippen LogP contribution in [0.4, 0.5) is 0 Å². The van der Waals surface area contributed by atoms with Crippen molar-refractivity contribution in [1.82, 2.24) is 5.32 Å². The zero-order chi connectivity index (χ0) is 16.3. The molecule has 0 spiro atoms. The molecule has 0 aliphatic heterocycles. The number of nitrogens with one attached hydrogen (secondary N) is 1. The zero-order valence-corrected chi connectivity index (χ0v) is 14.3. The lowest BCUT2D eigenvalue weighted by atomic mass is 9.96. The van der Waals surface area contributed by atoms with Crippen molar-refractivity contribution in [2.45, 2.75) is 40.2 Å². The minimum absolute atomic E-state index is 0.0155. The molecule has 0 aliphatic carbocycles. The van der Waals surface area contributed by atoms with Crippen molar-refractivity contribution in [3.8, 4) is 0 Å². The molecule has 0 fully saturated rings. The van der Waals surface area contributed by atoms with E-state index in [0.29, 0.717) is 11.4 Å². The summed E-state index contributed by atoms with van der Waals surface area (Å²) in [5.74, 6) is -0.0155. The Balaban J connectivity index is 2.09. The molecule has 2 aromatic rings. The van der Waals surface area contributed by atoms with Crippen molar-refractivity contribution < 1.29 is 4.79 Å². The smallest absolute Gasteiger partial charge is 0.224 e. The van der Waals surface area contributed by atoms with E-state index in [1.807, 2.05) is 25.1 Å². The van der Waals surface area contributed by atoms with Crippen LogP contribution in [0.2, 0.25) is 5.02 Å². The van der Waals surface area contributed by atoms with Crippen molar-refractivity contribution >= 4 is 17.5 Å². The molecule has 0 heterocycles. The maximum absolute atomic E-state index is 12.2. The minimum Gasteiger partial charge on any atom is -0.349 e. The van der Waals surface area contributed by atoms with Gasteiger partial charge in [0.25, 0.3) is 0 Å². The molecular formula is C19H22ClNO. The first kappa shape index (κ1) is 16.6. The van der Waals surface area contributed by atoms with Gasteiger partial charge in [-0.05, 0) is 61.6 Å². The van der Waals surface area contributed by atoms with Crippen LogP contribution in [-0.4, -0.2) is 5.91 Å². The maximum Gasteiger partial charge on any atom is 0.224 e. The Labute approximate surface area is 137 Å². The molecule has 0 saturated carbocycles. The first-order valence-corrected chi connectivity index (χ1v) is 7.86. The van der Waals surface area contributed by atoms with Gasteiger partial charge in [-0.3, -0.25) is 4.79 Å². The Morgan fingerprint density at radius 2 is 1.73 bits per heavy atom. The fourth-order valence-electron chi connectivity index (χ4n) is 2.63. The zero-order valence-electron chi connectivity index (χ0n) is 13.5. The second-order valence-electron chi connectivity index (χ2n) is 5.85. The van der Waals surface area contributed by atoms with Gasteiger partial charge >= 0.3 is 0 Å². The van der Waals surface area contributed by atoms with Gasteiger partial charge in [0.1, 0.15) is 0 Å². The van der Waals surface area contributed by atoms with Gasteiger partial charge in [0.15, 0.2) is 0 Å². The molecule has 116 valence electrons. The highest BCUT2D eigenvalue weighted by atomic mass is 35.5. The van der Waals surface area contributed by atoms with E-state index >= 15 is 0 Å². The topological polar surface area (TPSA) is 29.1 Å². The Morgan fingerprint density at radius 1 is 1.09 bits per heavy atom. The van der Waals surface area contributed by atoms with Gasteiger partial charge in [0.05, 0.1) is 12.5 Å². The molecule has 0 aromatic heterocycles. The lowest BCUT2D eigenvalue weighted by Gasteiger charge is -2.18. The van der Waals surface area contributed by atoms with Crippen LogP contribution in [0.15, 0.2) is 36.4 Å². The van der Waals surface area contributed by atoms with Crippen LogP contribution in [0.3, 0.4) is 0 Å². The van der Waals surface area contributed by atoms with E-state index in [4.69, 9.17) is 11.6 Å². The molecular weight excluding hydrogens is 294 g/mol. The molecule has 0 saturated heterocycles. The predicted molar refractivity (Wildman–Crippen MR) is 92.4 cm³/mol. The van der Waals surface area contributed by atoms with Crippen molar-refractivity contribution in [2.75, 3.05) is 0 Å². The van der Waals surface area contributed by atoms with Gasteiger partial charge < -0.3 is 5.32 Å². The third kappa shape index (κ3) is 3.89. The number of hydrogen-bond acceptors (Lipinski definition) is 1. The van der Waals surface area contributed by atoms with E-state index < -0.39 is 0 Å². The van der Waals surface area contributed by atoms with E-state index in [-0.39, 0.29) is 11.9 Å². The Kier molecular flexibility index (Phi) is 5.25. The number of hydrogen-bond donors (Lipinski definition) is 1. The normalized spacial score (nSPS) is 12.0. The number of halogens is 1. The highest BCUT2D eigenvalue weighted by Gasteiger charge is 2.14. The van der Waals surface area contributed by atoms with Crippen LogP contribution in [0.1, 0.15) is 40.8 Å². The van der Waals surface area contributed by atoms with Crippen molar-refractivity contribution in [3.63, 3.8) is 0 Å². The molecule has 3 heteroatoms. The summed E-state index contributed by atoms with van der Waals surface area (Å²) in [6.45, 7) is 8.30. The van der Waals surface area contributed by atoms with Crippen molar-refractivity contribution in [3.05, 3.63) is 69.2 Å². The van der Waals surface area contributed by atoms with Crippen LogP contribution in [-0.2, 0) is 11.2 Å². The third-order valence-electron chi connectivity index (χ3n) is 4.04. The molecule has 0 bridgehead atoms. The summed E-state index contributed by atoms with van der Waals surface area (Å²) in [6, 6.07) is 11.8. The fourth-order valence-corrected chi connectivity index (χ4v) is 2.84. The number of carbonyl (C=O) groups excluding carboxylic acids is 1. The highest BCUT2D eigenvalue weighted by molar-refractivity contribution is 6.31. The molecule has 2 rings (SSSR count). The quantitative estimate of drug-likeness (QED) is 0.871. The van der Waals surface area contributed by atoms with E-state index in [1.165, 1.54) is 16.7 Å².